The number of amides is 1. The quantitative estimate of drug-likeness (QED) is 0.812. The van der Waals surface area contributed by atoms with Gasteiger partial charge in [0.2, 0.25) is 5.91 Å². The van der Waals surface area contributed by atoms with Crippen molar-refractivity contribution in [2.24, 2.45) is 0 Å². The highest BCUT2D eigenvalue weighted by atomic mass is 32.2. The average Bonchev–Trinajstić information content (AvgIpc) is 2.50. The maximum Gasteiger partial charge on any atom is 0.237 e. The van der Waals surface area contributed by atoms with Crippen LogP contribution in [0.4, 0.5) is 10.1 Å². The zero-order valence-corrected chi connectivity index (χ0v) is 13.4. The van der Waals surface area contributed by atoms with Gasteiger partial charge in [0.05, 0.1) is 10.9 Å². The van der Waals surface area contributed by atoms with E-state index in [1.54, 1.807) is 36.9 Å². The van der Waals surface area contributed by atoms with E-state index < -0.39 is 0 Å². The van der Waals surface area contributed by atoms with Crippen LogP contribution in [0.1, 0.15) is 6.92 Å². The Labute approximate surface area is 132 Å². The molecule has 0 bridgehead atoms. The van der Waals surface area contributed by atoms with Gasteiger partial charge in [-0.15, -0.1) is 23.5 Å². The van der Waals surface area contributed by atoms with E-state index in [9.17, 15) is 9.18 Å². The van der Waals surface area contributed by atoms with Crippen molar-refractivity contribution in [3.63, 3.8) is 0 Å². The number of benzene rings is 2. The molecule has 110 valence electrons. The summed E-state index contributed by atoms with van der Waals surface area (Å²) in [6.07, 6.45) is 1.96. The van der Waals surface area contributed by atoms with Crippen LogP contribution in [-0.4, -0.2) is 17.4 Å². The number of para-hydroxylation sites is 1. The lowest BCUT2D eigenvalue weighted by molar-refractivity contribution is -0.115. The lowest BCUT2D eigenvalue weighted by atomic mass is 10.3. The molecule has 2 aromatic carbocycles. The topological polar surface area (TPSA) is 29.1 Å². The molecule has 0 aliphatic rings. The second-order valence-corrected chi connectivity index (χ2v) is 6.61. The van der Waals surface area contributed by atoms with E-state index in [1.807, 2.05) is 30.5 Å². The number of anilines is 1. The Morgan fingerprint density at radius 2 is 1.71 bits per heavy atom. The van der Waals surface area contributed by atoms with Crippen LogP contribution in [0, 0.1) is 5.82 Å². The van der Waals surface area contributed by atoms with Crippen molar-refractivity contribution >= 4 is 35.1 Å². The second-order valence-electron chi connectivity index (χ2n) is 4.38. The molecule has 1 atom stereocenters. The van der Waals surface area contributed by atoms with Gasteiger partial charge in [0, 0.05) is 9.79 Å². The van der Waals surface area contributed by atoms with E-state index in [1.165, 1.54) is 17.8 Å². The Balaban J connectivity index is 2.05. The van der Waals surface area contributed by atoms with Crippen LogP contribution < -0.4 is 5.32 Å². The maximum absolute atomic E-state index is 13.6. The predicted molar refractivity (Wildman–Crippen MR) is 88.6 cm³/mol. The summed E-state index contributed by atoms with van der Waals surface area (Å²) in [7, 11) is 0. The molecular formula is C16H16FNOS2. The third-order valence-corrected chi connectivity index (χ3v) is 4.82. The van der Waals surface area contributed by atoms with E-state index in [0.717, 1.165) is 10.6 Å². The molecule has 5 heteroatoms. The molecule has 1 amide bonds. The van der Waals surface area contributed by atoms with Gasteiger partial charge in [-0.3, -0.25) is 4.79 Å². The number of carbonyl (C=O) groups is 1. The van der Waals surface area contributed by atoms with Crippen LogP contribution >= 0.6 is 23.5 Å². The van der Waals surface area contributed by atoms with E-state index in [-0.39, 0.29) is 17.0 Å². The van der Waals surface area contributed by atoms with Gasteiger partial charge < -0.3 is 5.32 Å². The highest BCUT2D eigenvalue weighted by Gasteiger charge is 2.17. The lowest BCUT2D eigenvalue weighted by Gasteiger charge is -2.14. The first-order chi connectivity index (χ1) is 10.1. The van der Waals surface area contributed by atoms with Gasteiger partial charge in [0.25, 0.3) is 0 Å². The van der Waals surface area contributed by atoms with E-state index in [2.05, 4.69) is 5.32 Å². The molecule has 21 heavy (non-hydrogen) atoms. The van der Waals surface area contributed by atoms with Crippen molar-refractivity contribution < 1.29 is 9.18 Å². The number of nitrogens with one attached hydrogen (secondary N) is 1. The summed E-state index contributed by atoms with van der Waals surface area (Å²) in [5.74, 6) is -0.434. The molecule has 0 aliphatic carbocycles. The fraction of sp³-hybridized carbons (Fsp3) is 0.188. The van der Waals surface area contributed by atoms with Gasteiger partial charge >= 0.3 is 0 Å². The van der Waals surface area contributed by atoms with Crippen LogP contribution in [0.2, 0.25) is 0 Å². The minimum absolute atomic E-state index is 0.134. The minimum Gasteiger partial charge on any atom is -0.324 e. The van der Waals surface area contributed by atoms with Gasteiger partial charge in [0.1, 0.15) is 5.82 Å². The minimum atomic E-state index is -0.378. The molecule has 2 rings (SSSR count). The van der Waals surface area contributed by atoms with Crippen molar-refractivity contribution in [2.45, 2.75) is 22.0 Å². The van der Waals surface area contributed by atoms with E-state index in [0.29, 0.717) is 4.90 Å². The normalized spacial score (nSPS) is 12.0. The zero-order valence-electron chi connectivity index (χ0n) is 11.8. The van der Waals surface area contributed by atoms with Crippen LogP contribution in [0.3, 0.4) is 0 Å². The first kappa shape index (κ1) is 15.9. The molecule has 0 heterocycles. The van der Waals surface area contributed by atoms with Crippen LogP contribution in [0.15, 0.2) is 58.3 Å². The number of thioether (sulfide) groups is 2. The molecule has 1 N–H and O–H groups in total. The Morgan fingerprint density at radius 1 is 1.10 bits per heavy atom. The number of halogens is 1. The Kier molecular flexibility index (Phi) is 5.70. The van der Waals surface area contributed by atoms with Crippen molar-refractivity contribution in [2.75, 3.05) is 11.6 Å². The van der Waals surface area contributed by atoms with Crippen LogP contribution in [0.5, 0.6) is 0 Å². The third-order valence-electron chi connectivity index (χ3n) is 2.87. The molecule has 0 aliphatic heterocycles. The summed E-state index contributed by atoms with van der Waals surface area (Å²) in [6, 6.07) is 14.1. The molecule has 0 fully saturated rings. The first-order valence-electron chi connectivity index (χ1n) is 6.47. The Morgan fingerprint density at radius 3 is 2.38 bits per heavy atom. The molecule has 0 saturated carbocycles. The Bertz CT molecular complexity index is 633. The maximum atomic E-state index is 13.6. The van der Waals surface area contributed by atoms with Gasteiger partial charge in [0.15, 0.2) is 0 Å². The standard InChI is InChI=1S/C16H16FNOS2/c1-11(21-14-9-5-3-7-12(14)17)16(19)18-13-8-4-6-10-15(13)20-2/h3-11H,1-2H3,(H,18,19). The number of carbonyl (C=O) groups excluding carboxylic acids is 1. The van der Waals surface area contributed by atoms with Gasteiger partial charge in [-0.25, -0.2) is 4.39 Å². The summed E-state index contributed by atoms with van der Waals surface area (Å²) >= 11 is 2.79. The smallest absolute Gasteiger partial charge is 0.237 e. The monoisotopic (exact) mass is 321 g/mol. The molecule has 0 aromatic heterocycles. The summed E-state index contributed by atoms with van der Waals surface area (Å²) in [5.41, 5.74) is 0.788. The molecule has 2 aromatic rings. The second kappa shape index (κ2) is 7.52. The largest absolute Gasteiger partial charge is 0.324 e. The fourth-order valence-corrected chi connectivity index (χ4v) is 3.20. The lowest BCUT2D eigenvalue weighted by Crippen LogP contribution is -2.22. The molecule has 2 nitrogen and oxygen atoms in total. The number of hydrogen-bond acceptors (Lipinski definition) is 3. The molecular weight excluding hydrogens is 305 g/mol. The molecule has 0 saturated heterocycles. The van der Waals surface area contributed by atoms with Crippen molar-refractivity contribution in [3.05, 3.63) is 54.3 Å². The van der Waals surface area contributed by atoms with Crippen molar-refractivity contribution in [3.8, 4) is 0 Å². The first-order valence-corrected chi connectivity index (χ1v) is 8.57. The Hall–Kier alpha value is -1.46. The van der Waals surface area contributed by atoms with Crippen molar-refractivity contribution in [1.82, 2.24) is 0 Å². The highest BCUT2D eigenvalue weighted by Crippen LogP contribution is 2.28. The summed E-state index contributed by atoms with van der Waals surface area (Å²) in [4.78, 5) is 13.7. The van der Waals surface area contributed by atoms with Gasteiger partial charge in [-0.1, -0.05) is 24.3 Å². The summed E-state index contributed by atoms with van der Waals surface area (Å²) in [5, 5.41) is 2.52. The SMILES string of the molecule is CSc1ccccc1NC(=O)C(C)Sc1ccccc1F. The van der Waals surface area contributed by atoms with E-state index >= 15 is 0 Å². The molecule has 0 radical (unpaired) electrons. The molecule has 0 spiro atoms. The fourth-order valence-electron chi connectivity index (χ4n) is 1.77. The average molecular weight is 321 g/mol. The van der Waals surface area contributed by atoms with Crippen molar-refractivity contribution in [1.29, 1.82) is 0 Å². The van der Waals surface area contributed by atoms with E-state index in [4.69, 9.17) is 0 Å². The zero-order chi connectivity index (χ0) is 15.2. The van der Waals surface area contributed by atoms with Gasteiger partial charge in [-0.2, -0.15) is 0 Å². The summed E-state index contributed by atoms with van der Waals surface area (Å²) in [6.45, 7) is 1.77. The molecule has 1 unspecified atom stereocenters. The number of hydrogen-bond donors (Lipinski definition) is 1. The van der Waals surface area contributed by atoms with Crippen LogP contribution in [0.25, 0.3) is 0 Å². The predicted octanol–water partition coefficient (Wildman–Crippen LogP) is 4.67. The van der Waals surface area contributed by atoms with Gasteiger partial charge in [-0.05, 0) is 37.4 Å². The number of rotatable bonds is 5. The third kappa shape index (κ3) is 4.25. The summed E-state index contributed by atoms with van der Waals surface area (Å²) < 4.78 is 13.6. The van der Waals surface area contributed by atoms with Crippen LogP contribution in [-0.2, 0) is 4.79 Å². The highest BCUT2D eigenvalue weighted by molar-refractivity contribution is 8.00.